The number of carbonyl (C=O) groups is 1. The molecule has 3 aromatic heterocycles. The first-order valence-corrected chi connectivity index (χ1v) is 11.7. The Morgan fingerprint density at radius 1 is 1.15 bits per heavy atom. The van der Waals surface area contributed by atoms with E-state index in [1.54, 1.807) is 36.0 Å². The highest BCUT2D eigenvalue weighted by molar-refractivity contribution is 7.89. The molecule has 0 aliphatic rings. The predicted octanol–water partition coefficient (Wildman–Crippen LogP) is 3.66. The number of aromatic nitrogens is 3. The Morgan fingerprint density at radius 2 is 1.88 bits per heavy atom. The molecule has 0 aliphatic heterocycles. The van der Waals surface area contributed by atoms with Crippen molar-refractivity contribution in [1.82, 2.24) is 19.1 Å². The van der Waals surface area contributed by atoms with E-state index in [2.05, 4.69) is 15.4 Å². The minimum Gasteiger partial charge on any atom is -0.463 e. The zero-order valence-corrected chi connectivity index (χ0v) is 20.1. The van der Waals surface area contributed by atoms with Crippen LogP contribution in [0.15, 0.2) is 45.9 Å². The van der Waals surface area contributed by atoms with Crippen molar-refractivity contribution in [3.63, 3.8) is 0 Å². The summed E-state index contributed by atoms with van der Waals surface area (Å²) in [6, 6.07) is 8.26. The van der Waals surface area contributed by atoms with Gasteiger partial charge in [-0.25, -0.2) is 17.7 Å². The first-order chi connectivity index (χ1) is 15.5. The van der Waals surface area contributed by atoms with Crippen molar-refractivity contribution in [2.45, 2.75) is 25.7 Å². The second kappa shape index (κ2) is 8.13. The lowest BCUT2D eigenvalue weighted by Crippen LogP contribution is -2.23. The SMILES string of the molecule is Cc1cc(S(=O)(=O)N(C)C)cc(NC(=O)c2cc(-c3ccco3)nc3c2c(C)nn3C)c1C. The van der Waals surface area contributed by atoms with Crippen LogP contribution in [0.5, 0.6) is 0 Å². The van der Waals surface area contributed by atoms with E-state index in [1.165, 1.54) is 26.4 Å². The molecular formula is C23H25N5O4S. The predicted molar refractivity (Wildman–Crippen MR) is 126 cm³/mol. The molecule has 4 rings (SSSR count). The summed E-state index contributed by atoms with van der Waals surface area (Å²) in [5.74, 6) is 0.129. The van der Waals surface area contributed by atoms with Gasteiger partial charge in [-0.1, -0.05) is 0 Å². The van der Waals surface area contributed by atoms with Gasteiger partial charge in [0.15, 0.2) is 11.4 Å². The van der Waals surface area contributed by atoms with E-state index in [0.29, 0.717) is 39.4 Å². The number of furan rings is 1. The van der Waals surface area contributed by atoms with E-state index >= 15 is 0 Å². The molecule has 1 amide bonds. The molecule has 3 heterocycles. The molecule has 0 unspecified atom stereocenters. The Kier molecular flexibility index (Phi) is 5.59. The largest absolute Gasteiger partial charge is 0.463 e. The Labute approximate surface area is 192 Å². The van der Waals surface area contributed by atoms with Gasteiger partial charge in [-0.05, 0) is 62.2 Å². The number of benzene rings is 1. The zero-order valence-electron chi connectivity index (χ0n) is 19.3. The molecule has 172 valence electrons. The number of aryl methyl sites for hydroxylation is 3. The molecule has 33 heavy (non-hydrogen) atoms. The number of rotatable bonds is 5. The lowest BCUT2D eigenvalue weighted by molar-refractivity contribution is 0.102. The summed E-state index contributed by atoms with van der Waals surface area (Å²) in [5.41, 5.74) is 4.03. The Bertz CT molecular complexity index is 1490. The summed E-state index contributed by atoms with van der Waals surface area (Å²) in [4.78, 5) is 18.2. The van der Waals surface area contributed by atoms with Crippen molar-refractivity contribution < 1.29 is 17.6 Å². The highest BCUT2D eigenvalue weighted by Gasteiger charge is 2.23. The van der Waals surface area contributed by atoms with Crippen molar-refractivity contribution in [1.29, 1.82) is 0 Å². The summed E-state index contributed by atoms with van der Waals surface area (Å²) in [6.45, 7) is 5.46. The van der Waals surface area contributed by atoms with Gasteiger partial charge in [-0.15, -0.1) is 0 Å². The summed E-state index contributed by atoms with van der Waals surface area (Å²) in [5, 5.41) is 7.94. The minimum atomic E-state index is -3.67. The molecule has 0 fully saturated rings. The molecule has 0 atom stereocenters. The van der Waals surface area contributed by atoms with Crippen LogP contribution in [0.1, 0.15) is 27.2 Å². The number of hydrogen-bond donors (Lipinski definition) is 1. The fourth-order valence-electron chi connectivity index (χ4n) is 3.68. The van der Waals surface area contributed by atoms with Gasteiger partial charge in [0.2, 0.25) is 10.0 Å². The summed E-state index contributed by atoms with van der Waals surface area (Å²) >= 11 is 0. The number of nitrogens with one attached hydrogen (secondary N) is 1. The molecule has 1 N–H and O–H groups in total. The molecule has 0 saturated carbocycles. The van der Waals surface area contributed by atoms with E-state index in [0.717, 1.165) is 15.4 Å². The average molecular weight is 468 g/mol. The second-order valence-electron chi connectivity index (χ2n) is 8.09. The van der Waals surface area contributed by atoms with Crippen molar-refractivity contribution in [2.24, 2.45) is 7.05 Å². The van der Waals surface area contributed by atoms with Crippen LogP contribution in [-0.2, 0) is 17.1 Å². The first kappa shape index (κ1) is 22.7. The number of nitrogens with zero attached hydrogens (tertiary/aromatic N) is 4. The third-order valence-electron chi connectivity index (χ3n) is 5.65. The molecule has 9 nitrogen and oxygen atoms in total. The Hall–Kier alpha value is -3.50. The molecule has 0 spiro atoms. The number of anilines is 1. The molecule has 0 bridgehead atoms. The number of fused-ring (bicyclic) bond motifs is 1. The lowest BCUT2D eigenvalue weighted by atomic mass is 10.1. The normalized spacial score (nSPS) is 12.0. The summed E-state index contributed by atoms with van der Waals surface area (Å²) in [7, 11) is 1.04. The van der Waals surface area contributed by atoms with Gasteiger partial charge in [-0.3, -0.25) is 9.48 Å². The lowest BCUT2D eigenvalue weighted by Gasteiger charge is -2.17. The maximum atomic E-state index is 13.5. The van der Waals surface area contributed by atoms with Crippen molar-refractivity contribution in [3.05, 3.63) is 59.0 Å². The third-order valence-corrected chi connectivity index (χ3v) is 7.45. The number of amides is 1. The molecule has 0 saturated heterocycles. The van der Waals surface area contributed by atoms with Crippen LogP contribution in [0.25, 0.3) is 22.5 Å². The Balaban J connectivity index is 1.85. The fraction of sp³-hybridized carbons (Fsp3) is 0.261. The van der Waals surface area contributed by atoms with Gasteiger partial charge in [0.1, 0.15) is 5.69 Å². The number of carbonyl (C=O) groups excluding carboxylic acids is 1. The van der Waals surface area contributed by atoms with Gasteiger partial charge in [0.05, 0.1) is 27.8 Å². The van der Waals surface area contributed by atoms with Gasteiger partial charge < -0.3 is 9.73 Å². The average Bonchev–Trinajstić information content (AvgIpc) is 3.39. The standard InChI is InChI=1S/C23H25N5O4S/c1-13-10-16(33(30,31)27(4)5)11-18(14(13)2)25-23(29)17-12-19(20-8-7-9-32-20)24-22-21(17)15(3)26-28(22)6/h7-12H,1-6H3,(H,25,29). The van der Waals surface area contributed by atoms with E-state index in [4.69, 9.17) is 4.42 Å². The van der Waals surface area contributed by atoms with Crippen molar-refractivity contribution in [3.8, 4) is 11.5 Å². The van der Waals surface area contributed by atoms with Gasteiger partial charge in [0.25, 0.3) is 5.91 Å². The fourth-order valence-corrected chi connectivity index (χ4v) is 4.69. The number of sulfonamides is 1. The van der Waals surface area contributed by atoms with Crippen LogP contribution in [-0.4, -0.2) is 47.5 Å². The number of pyridine rings is 1. The maximum Gasteiger partial charge on any atom is 0.256 e. The van der Waals surface area contributed by atoms with Crippen molar-refractivity contribution >= 4 is 32.7 Å². The van der Waals surface area contributed by atoms with Gasteiger partial charge in [0, 0.05) is 26.8 Å². The number of hydrogen-bond acceptors (Lipinski definition) is 6. The smallest absolute Gasteiger partial charge is 0.256 e. The van der Waals surface area contributed by atoms with Crippen LogP contribution in [0.4, 0.5) is 5.69 Å². The molecular weight excluding hydrogens is 442 g/mol. The molecule has 4 aromatic rings. The van der Waals surface area contributed by atoms with E-state index in [9.17, 15) is 13.2 Å². The molecule has 10 heteroatoms. The Morgan fingerprint density at radius 3 is 2.52 bits per heavy atom. The topological polar surface area (TPSA) is 110 Å². The van der Waals surface area contributed by atoms with E-state index in [1.807, 2.05) is 20.8 Å². The quantitative estimate of drug-likeness (QED) is 0.480. The van der Waals surface area contributed by atoms with Crippen LogP contribution in [0.3, 0.4) is 0 Å². The van der Waals surface area contributed by atoms with E-state index < -0.39 is 15.9 Å². The second-order valence-corrected chi connectivity index (χ2v) is 10.2. The highest BCUT2D eigenvalue weighted by Crippen LogP contribution is 2.30. The summed E-state index contributed by atoms with van der Waals surface area (Å²) < 4.78 is 33.6. The van der Waals surface area contributed by atoms with Crippen molar-refractivity contribution in [2.75, 3.05) is 19.4 Å². The van der Waals surface area contributed by atoms with Crippen LogP contribution in [0, 0.1) is 20.8 Å². The molecule has 0 radical (unpaired) electrons. The summed E-state index contributed by atoms with van der Waals surface area (Å²) in [6.07, 6.45) is 1.54. The zero-order chi connectivity index (χ0) is 24.1. The minimum absolute atomic E-state index is 0.111. The van der Waals surface area contributed by atoms with Crippen LogP contribution >= 0.6 is 0 Å². The third kappa shape index (κ3) is 3.91. The maximum absolute atomic E-state index is 13.5. The highest BCUT2D eigenvalue weighted by atomic mass is 32.2. The van der Waals surface area contributed by atoms with E-state index in [-0.39, 0.29) is 4.90 Å². The van der Waals surface area contributed by atoms with Crippen LogP contribution < -0.4 is 5.32 Å². The monoisotopic (exact) mass is 467 g/mol. The molecule has 0 aliphatic carbocycles. The first-order valence-electron chi connectivity index (χ1n) is 10.2. The van der Waals surface area contributed by atoms with Crippen LogP contribution in [0.2, 0.25) is 0 Å². The van der Waals surface area contributed by atoms with Gasteiger partial charge >= 0.3 is 0 Å². The molecule has 1 aromatic carbocycles. The van der Waals surface area contributed by atoms with Gasteiger partial charge in [-0.2, -0.15) is 5.10 Å².